The van der Waals surface area contributed by atoms with Crippen molar-refractivity contribution in [3.05, 3.63) is 68.8 Å². The van der Waals surface area contributed by atoms with Crippen LogP contribution < -0.4 is 0 Å². The predicted molar refractivity (Wildman–Crippen MR) is 111 cm³/mol. The normalized spacial score (nSPS) is 13.9. The molecule has 30 heavy (non-hydrogen) atoms. The van der Waals surface area contributed by atoms with Crippen molar-refractivity contribution in [2.75, 3.05) is 26.3 Å². The number of amides is 1. The van der Waals surface area contributed by atoms with Gasteiger partial charge in [0.1, 0.15) is 0 Å². The molecular weight excluding hydrogens is 386 g/mol. The molecule has 0 radical (unpaired) electrons. The Labute approximate surface area is 174 Å². The molecule has 3 rings (SSSR count). The van der Waals surface area contributed by atoms with Crippen molar-refractivity contribution < 1.29 is 29.3 Å². The van der Waals surface area contributed by atoms with Crippen LogP contribution in [0, 0.1) is 20.8 Å². The average molecular weight is 411 g/mol. The van der Waals surface area contributed by atoms with E-state index >= 15 is 0 Å². The molecule has 2 N–H and O–H groups in total. The van der Waals surface area contributed by atoms with Gasteiger partial charge in [0.2, 0.25) is 0 Å². The molecule has 1 aliphatic heterocycles. The van der Waals surface area contributed by atoms with E-state index in [-0.39, 0.29) is 29.0 Å². The Bertz CT molecular complexity index is 1020. The maximum absolute atomic E-state index is 13.0. The van der Waals surface area contributed by atoms with Crippen molar-refractivity contribution in [1.29, 1.82) is 0 Å². The zero-order chi connectivity index (χ0) is 22.0. The lowest BCUT2D eigenvalue weighted by Gasteiger charge is -2.28. The second-order valence-corrected chi connectivity index (χ2v) is 7.51. The molecule has 1 aliphatic rings. The monoisotopic (exact) mass is 411 g/mol. The minimum atomic E-state index is -1.18. The van der Waals surface area contributed by atoms with Gasteiger partial charge < -0.3 is 19.8 Å². The van der Waals surface area contributed by atoms with Gasteiger partial charge in [-0.05, 0) is 67.1 Å². The van der Waals surface area contributed by atoms with Gasteiger partial charge in [-0.3, -0.25) is 4.79 Å². The van der Waals surface area contributed by atoms with Gasteiger partial charge >= 0.3 is 11.9 Å². The number of carbonyl (C=O) groups is 3. The van der Waals surface area contributed by atoms with Crippen molar-refractivity contribution in [1.82, 2.24) is 4.90 Å². The number of benzene rings is 2. The Morgan fingerprint density at radius 3 is 2.07 bits per heavy atom. The van der Waals surface area contributed by atoms with E-state index in [1.165, 1.54) is 12.1 Å². The van der Waals surface area contributed by atoms with Crippen LogP contribution in [-0.4, -0.2) is 59.3 Å². The minimum absolute atomic E-state index is 0.00129. The standard InChI is InChI=1S/C23H25NO6/c1-13-4-6-16(21(25)24-8-10-30-11-9-24)15(3)18(13)12-19-17(22(26)27)7-5-14(2)20(19)23(28)29/h4-7H,8-12H2,1-3H3,(H,26,27)(H,28,29). The molecule has 0 atom stereocenters. The van der Waals surface area contributed by atoms with Gasteiger partial charge in [0.05, 0.1) is 24.3 Å². The van der Waals surface area contributed by atoms with E-state index in [9.17, 15) is 24.6 Å². The number of hydrogen-bond acceptors (Lipinski definition) is 4. The number of rotatable bonds is 5. The quantitative estimate of drug-likeness (QED) is 0.784. The van der Waals surface area contributed by atoms with Crippen LogP contribution >= 0.6 is 0 Å². The van der Waals surface area contributed by atoms with Gasteiger partial charge in [0.15, 0.2) is 0 Å². The van der Waals surface area contributed by atoms with Gasteiger partial charge in [-0.1, -0.05) is 12.1 Å². The van der Waals surface area contributed by atoms with Crippen molar-refractivity contribution >= 4 is 17.8 Å². The highest BCUT2D eigenvalue weighted by molar-refractivity contribution is 5.98. The Morgan fingerprint density at radius 1 is 0.867 bits per heavy atom. The van der Waals surface area contributed by atoms with Crippen LogP contribution in [0.25, 0.3) is 0 Å². The highest BCUT2D eigenvalue weighted by Gasteiger charge is 2.25. The molecule has 0 saturated carbocycles. The topological polar surface area (TPSA) is 104 Å². The number of ether oxygens (including phenoxy) is 1. The number of carboxylic acid groups (broad SMARTS) is 2. The first kappa shape index (κ1) is 21.5. The third kappa shape index (κ3) is 4.07. The number of morpholine rings is 1. The lowest BCUT2D eigenvalue weighted by molar-refractivity contribution is 0.0302. The number of aromatic carboxylic acids is 2. The number of aryl methyl sites for hydroxylation is 2. The molecule has 0 aromatic heterocycles. The van der Waals surface area contributed by atoms with Crippen molar-refractivity contribution in [3.63, 3.8) is 0 Å². The highest BCUT2D eigenvalue weighted by atomic mass is 16.5. The first-order valence-corrected chi connectivity index (χ1v) is 9.77. The van der Waals surface area contributed by atoms with E-state index in [2.05, 4.69) is 0 Å². The molecule has 158 valence electrons. The van der Waals surface area contributed by atoms with E-state index in [1.807, 2.05) is 19.9 Å². The lowest BCUT2D eigenvalue weighted by Crippen LogP contribution is -2.41. The molecule has 0 bridgehead atoms. The molecular formula is C23H25NO6. The van der Waals surface area contributed by atoms with E-state index < -0.39 is 11.9 Å². The Balaban J connectivity index is 2.10. The second-order valence-electron chi connectivity index (χ2n) is 7.51. The maximum atomic E-state index is 13.0. The molecule has 7 nitrogen and oxygen atoms in total. The summed E-state index contributed by atoms with van der Waals surface area (Å²) in [5.74, 6) is -2.44. The summed E-state index contributed by atoms with van der Waals surface area (Å²) >= 11 is 0. The largest absolute Gasteiger partial charge is 0.478 e. The minimum Gasteiger partial charge on any atom is -0.478 e. The molecule has 1 heterocycles. The number of carbonyl (C=O) groups excluding carboxylic acids is 1. The van der Waals surface area contributed by atoms with E-state index in [0.717, 1.165) is 16.7 Å². The van der Waals surface area contributed by atoms with E-state index in [4.69, 9.17) is 4.74 Å². The predicted octanol–water partition coefficient (Wildman–Crippen LogP) is 3.07. The smallest absolute Gasteiger partial charge is 0.336 e. The fourth-order valence-electron chi connectivity index (χ4n) is 3.96. The average Bonchev–Trinajstić information content (AvgIpc) is 2.70. The third-order valence-electron chi connectivity index (χ3n) is 5.68. The molecule has 1 saturated heterocycles. The van der Waals surface area contributed by atoms with E-state index in [0.29, 0.717) is 37.4 Å². The zero-order valence-corrected chi connectivity index (χ0v) is 17.3. The first-order chi connectivity index (χ1) is 14.2. The van der Waals surface area contributed by atoms with Crippen LogP contribution in [0.3, 0.4) is 0 Å². The fraction of sp³-hybridized carbons (Fsp3) is 0.348. The molecule has 0 spiro atoms. The van der Waals surface area contributed by atoms with E-state index in [1.54, 1.807) is 17.9 Å². The van der Waals surface area contributed by atoms with Crippen molar-refractivity contribution in [2.45, 2.75) is 27.2 Å². The van der Waals surface area contributed by atoms with Gasteiger partial charge in [0.25, 0.3) is 5.91 Å². The summed E-state index contributed by atoms with van der Waals surface area (Å²) in [6, 6.07) is 6.55. The summed E-state index contributed by atoms with van der Waals surface area (Å²) in [4.78, 5) is 38.4. The Morgan fingerprint density at radius 2 is 1.47 bits per heavy atom. The third-order valence-corrected chi connectivity index (χ3v) is 5.68. The second kappa shape index (κ2) is 8.67. The summed E-state index contributed by atoms with van der Waals surface area (Å²) < 4.78 is 5.32. The Kier molecular flexibility index (Phi) is 6.22. The maximum Gasteiger partial charge on any atom is 0.336 e. The molecule has 2 aromatic rings. The number of carboxylic acids is 2. The van der Waals surface area contributed by atoms with Crippen LogP contribution in [0.15, 0.2) is 24.3 Å². The van der Waals surface area contributed by atoms with Gasteiger partial charge in [0, 0.05) is 18.7 Å². The lowest BCUT2D eigenvalue weighted by atomic mass is 9.87. The molecule has 0 unspecified atom stereocenters. The molecule has 2 aromatic carbocycles. The fourth-order valence-corrected chi connectivity index (χ4v) is 3.96. The van der Waals surface area contributed by atoms with Crippen LogP contribution in [0.5, 0.6) is 0 Å². The van der Waals surface area contributed by atoms with Gasteiger partial charge in [-0.25, -0.2) is 9.59 Å². The Hall–Kier alpha value is -3.19. The van der Waals surface area contributed by atoms with Crippen LogP contribution in [0.1, 0.15) is 58.9 Å². The molecule has 0 aliphatic carbocycles. The van der Waals surface area contributed by atoms with Crippen LogP contribution in [0.2, 0.25) is 0 Å². The summed E-state index contributed by atoms with van der Waals surface area (Å²) in [5, 5.41) is 19.3. The van der Waals surface area contributed by atoms with Gasteiger partial charge in [-0.2, -0.15) is 0 Å². The van der Waals surface area contributed by atoms with Crippen molar-refractivity contribution in [3.8, 4) is 0 Å². The van der Waals surface area contributed by atoms with Crippen molar-refractivity contribution in [2.24, 2.45) is 0 Å². The number of hydrogen-bond donors (Lipinski definition) is 2. The summed E-state index contributed by atoms with van der Waals surface area (Å²) in [6.45, 7) is 7.39. The number of nitrogens with zero attached hydrogens (tertiary/aromatic N) is 1. The summed E-state index contributed by atoms with van der Waals surface area (Å²) in [7, 11) is 0. The highest BCUT2D eigenvalue weighted by Crippen LogP contribution is 2.28. The SMILES string of the molecule is Cc1ccc(C(=O)N2CCOCC2)c(C)c1Cc1c(C(=O)O)ccc(C)c1C(=O)O. The first-order valence-electron chi connectivity index (χ1n) is 9.77. The summed E-state index contributed by atoms with van der Waals surface area (Å²) in [5.41, 5.74) is 3.63. The van der Waals surface area contributed by atoms with Crippen LogP contribution in [-0.2, 0) is 11.2 Å². The summed E-state index contributed by atoms with van der Waals surface area (Å²) in [6.07, 6.45) is 0.118. The molecule has 7 heteroatoms. The molecule has 1 fully saturated rings. The zero-order valence-electron chi connectivity index (χ0n) is 17.3. The van der Waals surface area contributed by atoms with Gasteiger partial charge in [-0.15, -0.1) is 0 Å². The van der Waals surface area contributed by atoms with Crippen LogP contribution in [0.4, 0.5) is 0 Å². The molecule has 1 amide bonds.